The third kappa shape index (κ3) is 3.72. The Morgan fingerprint density at radius 3 is 2.49 bits per heavy atom. The van der Waals surface area contributed by atoms with Gasteiger partial charge in [-0.15, -0.1) is 0 Å². The van der Waals surface area contributed by atoms with Crippen molar-refractivity contribution < 1.29 is 24.6 Å². The van der Waals surface area contributed by atoms with Crippen LogP contribution in [-0.4, -0.2) is 92.3 Å². The number of likely N-dealkylation sites (tertiary alicyclic amines) is 1. The van der Waals surface area contributed by atoms with Gasteiger partial charge in [-0.3, -0.25) is 30.1 Å². The van der Waals surface area contributed by atoms with Gasteiger partial charge in [-0.2, -0.15) is 0 Å². The van der Waals surface area contributed by atoms with Crippen LogP contribution in [0.3, 0.4) is 0 Å². The number of hydrogen-bond donors (Lipinski definition) is 8. The van der Waals surface area contributed by atoms with Crippen molar-refractivity contribution in [2.75, 3.05) is 13.1 Å². The summed E-state index contributed by atoms with van der Waals surface area (Å²) in [6.45, 7) is 5.81. The monoisotopic (exact) mass is 512 g/mol. The minimum Gasteiger partial charge on any atom is -0.361 e. The van der Waals surface area contributed by atoms with Crippen LogP contribution in [-0.2, 0) is 15.0 Å². The van der Waals surface area contributed by atoms with E-state index >= 15 is 0 Å². The SMILES string of the molecule is CC(C)(C)c1cccc(C(=O)NC2CN3C(=N)N[C@@H](CN4C(=O)CCC4=O)C4NC(=N)NC43C2(O)O)c1. The van der Waals surface area contributed by atoms with E-state index in [1.807, 2.05) is 26.8 Å². The maximum Gasteiger partial charge on any atom is 0.251 e. The molecule has 4 aliphatic heterocycles. The number of carbonyl (C=O) groups excluding carboxylic acids is 3. The molecular weight excluding hydrogens is 480 g/mol. The molecule has 3 amide bonds. The van der Waals surface area contributed by atoms with Crippen LogP contribution in [0.15, 0.2) is 24.3 Å². The first-order chi connectivity index (χ1) is 17.3. The highest BCUT2D eigenvalue weighted by atomic mass is 16.5. The summed E-state index contributed by atoms with van der Waals surface area (Å²) in [5, 5.41) is 51.2. The zero-order valence-corrected chi connectivity index (χ0v) is 20.9. The molecule has 1 aromatic rings. The molecule has 5 rings (SSSR count). The Labute approximate surface area is 213 Å². The predicted molar refractivity (Wildman–Crippen MR) is 131 cm³/mol. The number of rotatable bonds is 4. The molecule has 4 atom stereocenters. The molecule has 13 nitrogen and oxygen atoms in total. The molecule has 0 radical (unpaired) electrons. The second-order valence-corrected chi connectivity index (χ2v) is 11.1. The number of benzene rings is 1. The summed E-state index contributed by atoms with van der Waals surface area (Å²) in [4.78, 5) is 40.1. The van der Waals surface area contributed by atoms with Gasteiger partial charge < -0.3 is 36.4 Å². The number of carbonyl (C=O) groups is 3. The predicted octanol–water partition coefficient (Wildman–Crippen LogP) is -1.67. The first-order valence-electron chi connectivity index (χ1n) is 12.2. The van der Waals surface area contributed by atoms with Gasteiger partial charge in [-0.25, -0.2) is 0 Å². The molecule has 198 valence electrons. The molecule has 4 fully saturated rings. The van der Waals surface area contributed by atoms with Crippen molar-refractivity contribution in [2.24, 2.45) is 0 Å². The molecule has 37 heavy (non-hydrogen) atoms. The fourth-order valence-corrected chi connectivity index (χ4v) is 5.72. The minimum atomic E-state index is -2.64. The highest BCUT2D eigenvalue weighted by molar-refractivity contribution is 6.02. The van der Waals surface area contributed by atoms with E-state index in [0.717, 1.165) is 10.5 Å². The number of aliphatic hydroxyl groups is 2. The first kappa shape index (κ1) is 25.0. The number of hydrogen-bond acceptors (Lipinski definition) is 7. The van der Waals surface area contributed by atoms with Crippen LogP contribution in [0.2, 0.25) is 0 Å². The van der Waals surface area contributed by atoms with E-state index in [2.05, 4.69) is 21.3 Å². The number of nitrogens with zero attached hydrogens (tertiary/aromatic N) is 2. The molecule has 0 aliphatic carbocycles. The van der Waals surface area contributed by atoms with Crippen LogP contribution in [0.5, 0.6) is 0 Å². The summed E-state index contributed by atoms with van der Waals surface area (Å²) in [7, 11) is 0. The second-order valence-electron chi connectivity index (χ2n) is 11.1. The fraction of sp³-hybridized carbons (Fsp3) is 0.542. The van der Waals surface area contributed by atoms with Gasteiger partial charge in [0.2, 0.25) is 17.6 Å². The van der Waals surface area contributed by atoms with Crippen LogP contribution in [0.25, 0.3) is 0 Å². The molecule has 3 unspecified atom stereocenters. The molecule has 0 bridgehead atoms. The number of nitrogens with one attached hydrogen (secondary N) is 6. The summed E-state index contributed by atoms with van der Waals surface area (Å²) in [6, 6.07) is 4.10. The summed E-state index contributed by atoms with van der Waals surface area (Å²) >= 11 is 0. The van der Waals surface area contributed by atoms with E-state index < -0.39 is 35.5 Å². The molecule has 4 heterocycles. The Morgan fingerprint density at radius 1 is 1.16 bits per heavy atom. The summed E-state index contributed by atoms with van der Waals surface area (Å²) in [5.41, 5.74) is -0.711. The van der Waals surface area contributed by atoms with Gasteiger partial charge in [0.15, 0.2) is 17.6 Å². The topological polar surface area (TPSA) is 194 Å². The van der Waals surface area contributed by atoms with Crippen LogP contribution >= 0.6 is 0 Å². The van der Waals surface area contributed by atoms with E-state index in [1.54, 1.807) is 18.2 Å². The van der Waals surface area contributed by atoms with Crippen LogP contribution in [0.4, 0.5) is 0 Å². The van der Waals surface area contributed by atoms with Crippen LogP contribution in [0, 0.1) is 10.8 Å². The number of amides is 3. The van der Waals surface area contributed by atoms with Crippen molar-refractivity contribution in [1.29, 1.82) is 10.8 Å². The van der Waals surface area contributed by atoms with Gasteiger partial charge >= 0.3 is 0 Å². The van der Waals surface area contributed by atoms with E-state index in [-0.39, 0.29) is 55.1 Å². The van der Waals surface area contributed by atoms with Gasteiger partial charge in [-0.1, -0.05) is 32.9 Å². The van der Waals surface area contributed by atoms with Crippen molar-refractivity contribution in [3.8, 4) is 0 Å². The summed E-state index contributed by atoms with van der Waals surface area (Å²) in [5.74, 6) is -4.25. The van der Waals surface area contributed by atoms with Gasteiger partial charge in [0, 0.05) is 24.9 Å². The van der Waals surface area contributed by atoms with Crippen molar-refractivity contribution >= 4 is 29.6 Å². The Bertz CT molecular complexity index is 1190. The van der Waals surface area contributed by atoms with Crippen LogP contribution in [0.1, 0.15) is 49.5 Å². The lowest BCUT2D eigenvalue weighted by molar-refractivity contribution is -0.232. The average molecular weight is 513 g/mol. The number of guanidine groups is 2. The number of imide groups is 1. The normalized spacial score (nSPS) is 30.5. The molecule has 0 aromatic heterocycles. The highest BCUT2D eigenvalue weighted by Crippen LogP contribution is 2.43. The quantitative estimate of drug-likeness (QED) is 0.172. The smallest absolute Gasteiger partial charge is 0.251 e. The fourth-order valence-electron chi connectivity index (χ4n) is 5.72. The summed E-state index contributed by atoms with van der Waals surface area (Å²) in [6.07, 6.45) is 0.196. The molecular formula is C24H32N8O5. The average Bonchev–Trinajstić information content (AvgIpc) is 3.41. The lowest BCUT2D eigenvalue weighted by Crippen LogP contribution is -2.81. The van der Waals surface area contributed by atoms with Gasteiger partial charge in [0.25, 0.3) is 5.91 Å². The van der Waals surface area contributed by atoms with Crippen molar-refractivity contribution in [3.05, 3.63) is 35.4 Å². The maximum atomic E-state index is 13.2. The molecule has 4 aliphatic rings. The maximum absolute atomic E-state index is 13.2. The van der Waals surface area contributed by atoms with E-state index in [9.17, 15) is 24.6 Å². The molecule has 0 saturated carbocycles. The van der Waals surface area contributed by atoms with Gasteiger partial charge in [0.1, 0.15) is 6.04 Å². The Balaban J connectivity index is 1.44. The Kier molecular flexibility index (Phi) is 5.50. The molecule has 13 heteroatoms. The van der Waals surface area contributed by atoms with Gasteiger partial charge in [0.05, 0.1) is 18.6 Å². The minimum absolute atomic E-state index is 0.0981. The largest absolute Gasteiger partial charge is 0.361 e. The van der Waals surface area contributed by atoms with E-state index in [4.69, 9.17) is 10.8 Å². The Hall–Kier alpha value is -3.71. The summed E-state index contributed by atoms with van der Waals surface area (Å²) < 4.78 is 0. The standard InChI is InChI=1S/C24H32N8O5/c1-22(2,3)13-6-4-5-12(9-13)19(35)28-15-11-32-21(26)27-14(10-31-16(33)7-8-17(31)34)18-23(32,24(15,36)37)30-20(25)29-18/h4-6,9,14-15,18,36-37H,7-8,10-11H2,1-3H3,(H2,26,27)(H,28,35)(H3,25,29,30)/t14-,15?,18?,23?/m0/s1. The molecule has 1 spiro atoms. The second kappa shape index (κ2) is 8.15. The lowest BCUT2D eigenvalue weighted by Gasteiger charge is -2.51. The molecule has 4 saturated heterocycles. The third-order valence-electron chi connectivity index (χ3n) is 7.73. The zero-order valence-electron chi connectivity index (χ0n) is 20.9. The molecule has 8 N–H and O–H groups in total. The third-order valence-corrected chi connectivity index (χ3v) is 7.73. The first-order valence-corrected chi connectivity index (χ1v) is 12.2. The van der Waals surface area contributed by atoms with Gasteiger partial charge in [-0.05, 0) is 23.1 Å². The lowest BCUT2D eigenvalue weighted by atomic mass is 9.84. The van der Waals surface area contributed by atoms with E-state index in [1.165, 1.54) is 4.90 Å². The molecule has 1 aromatic carbocycles. The zero-order chi connectivity index (χ0) is 26.9. The van der Waals surface area contributed by atoms with Crippen LogP contribution < -0.4 is 21.3 Å². The van der Waals surface area contributed by atoms with Crippen molar-refractivity contribution in [1.82, 2.24) is 31.1 Å². The Morgan fingerprint density at radius 2 is 1.84 bits per heavy atom. The highest BCUT2D eigenvalue weighted by Gasteiger charge is 2.74. The van der Waals surface area contributed by atoms with E-state index in [0.29, 0.717) is 5.56 Å². The van der Waals surface area contributed by atoms with Crippen molar-refractivity contribution in [3.63, 3.8) is 0 Å². The van der Waals surface area contributed by atoms with Crippen molar-refractivity contribution in [2.45, 2.75) is 68.6 Å².